The van der Waals surface area contributed by atoms with Gasteiger partial charge in [-0.25, -0.2) is 4.98 Å². The molecule has 3 rings (SSSR count). The second-order valence-electron chi connectivity index (χ2n) is 4.49. The van der Waals surface area contributed by atoms with E-state index in [0.29, 0.717) is 18.1 Å². The maximum absolute atomic E-state index is 11.9. The van der Waals surface area contributed by atoms with E-state index in [0.717, 1.165) is 28.4 Å². The van der Waals surface area contributed by atoms with Crippen LogP contribution in [0.1, 0.15) is 28.8 Å². The Hall–Kier alpha value is -1.68. The Labute approximate surface area is 119 Å². The van der Waals surface area contributed by atoms with Crippen LogP contribution in [0.4, 0.5) is 0 Å². The summed E-state index contributed by atoms with van der Waals surface area (Å²) in [6.45, 7) is 0. The summed E-state index contributed by atoms with van der Waals surface area (Å²) in [6.07, 6.45) is 4.21. The maximum atomic E-state index is 11.9. The Balaban J connectivity index is 1.93. The third kappa shape index (κ3) is 2.54. The minimum absolute atomic E-state index is 0.201. The van der Waals surface area contributed by atoms with Crippen LogP contribution in [0.3, 0.4) is 0 Å². The van der Waals surface area contributed by atoms with Crippen molar-refractivity contribution in [2.24, 2.45) is 0 Å². The lowest BCUT2D eigenvalue weighted by atomic mass is 9.90. The number of ether oxygens (including phenoxy) is 1. The number of fused-ring (bicyclic) bond motifs is 1. The van der Waals surface area contributed by atoms with Crippen molar-refractivity contribution in [1.82, 2.24) is 4.98 Å². The smallest absolute Gasteiger partial charge is 0.233 e. The first-order chi connectivity index (χ1) is 9.24. The van der Waals surface area contributed by atoms with Crippen molar-refractivity contribution in [3.63, 3.8) is 0 Å². The molecule has 1 aliphatic carbocycles. The van der Waals surface area contributed by atoms with Crippen molar-refractivity contribution in [1.29, 1.82) is 0 Å². The first-order valence-corrected chi connectivity index (χ1v) is 6.98. The summed E-state index contributed by atoms with van der Waals surface area (Å²) in [5.41, 5.74) is 1.90. The van der Waals surface area contributed by atoms with E-state index in [1.807, 2.05) is 30.3 Å². The molecule has 0 spiro atoms. The molecule has 0 bridgehead atoms. The number of rotatable bonds is 2. The number of nitrogens with zero attached hydrogens (tertiary/aromatic N) is 1. The molecule has 0 aliphatic heterocycles. The van der Waals surface area contributed by atoms with E-state index in [1.54, 1.807) is 6.20 Å². The van der Waals surface area contributed by atoms with E-state index in [4.69, 9.17) is 4.74 Å². The molecule has 0 saturated carbocycles. The molecule has 0 atom stereocenters. The molecule has 1 heterocycles. The molecule has 3 nitrogen and oxygen atoms in total. The molecule has 96 valence electrons. The fourth-order valence-electron chi connectivity index (χ4n) is 2.23. The number of halogens is 1. The van der Waals surface area contributed by atoms with Gasteiger partial charge in [-0.3, -0.25) is 4.79 Å². The summed E-state index contributed by atoms with van der Waals surface area (Å²) in [4.78, 5) is 16.0. The highest BCUT2D eigenvalue weighted by atomic mass is 79.9. The third-order valence-electron chi connectivity index (χ3n) is 3.17. The van der Waals surface area contributed by atoms with Gasteiger partial charge in [-0.1, -0.05) is 6.07 Å². The molecular formula is C15H12BrNO2. The van der Waals surface area contributed by atoms with Gasteiger partial charge in [-0.2, -0.15) is 0 Å². The van der Waals surface area contributed by atoms with Gasteiger partial charge in [0.15, 0.2) is 5.78 Å². The summed E-state index contributed by atoms with van der Waals surface area (Å²) >= 11 is 3.39. The predicted molar refractivity (Wildman–Crippen MR) is 75.7 cm³/mol. The zero-order chi connectivity index (χ0) is 13.2. The lowest BCUT2D eigenvalue weighted by Crippen LogP contribution is -2.10. The number of aromatic nitrogens is 1. The van der Waals surface area contributed by atoms with Gasteiger partial charge in [0.25, 0.3) is 0 Å². The van der Waals surface area contributed by atoms with Crippen LogP contribution in [0.2, 0.25) is 0 Å². The first kappa shape index (κ1) is 12.4. The van der Waals surface area contributed by atoms with Crippen LogP contribution < -0.4 is 4.74 Å². The van der Waals surface area contributed by atoms with Crippen LogP contribution in [0.15, 0.2) is 41.0 Å². The summed E-state index contributed by atoms with van der Waals surface area (Å²) in [5.74, 6) is 1.35. The number of Topliss-reactive ketones (excluding diaryl/α,β-unsaturated/α-hetero) is 1. The van der Waals surface area contributed by atoms with Crippen molar-refractivity contribution in [3.05, 3.63) is 52.1 Å². The van der Waals surface area contributed by atoms with Gasteiger partial charge in [0.1, 0.15) is 5.75 Å². The number of aryl methyl sites for hydroxylation is 1. The van der Waals surface area contributed by atoms with Gasteiger partial charge in [0.2, 0.25) is 5.88 Å². The van der Waals surface area contributed by atoms with E-state index in [1.165, 1.54) is 0 Å². The SMILES string of the molecule is O=C1CCCc2ccc(Oc3ncccc3Br)cc21. The van der Waals surface area contributed by atoms with Crippen LogP contribution in [0, 0.1) is 0 Å². The number of hydrogen-bond donors (Lipinski definition) is 0. The van der Waals surface area contributed by atoms with E-state index < -0.39 is 0 Å². The molecule has 0 unspecified atom stereocenters. The summed E-state index contributed by atoms with van der Waals surface area (Å²) in [7, 11) is 0. The Morgan fingerprint density at radius 2 is 2.11 bits per heavy atom. The average Bonchev–Trinajstić information content (AvgIpc) is 2.42. The fourth-order valence-corrected chi connectivity index (χ4v) is 2.56. The Bertz CT molecular complexity index is 640. The highest BCUT2D eigenvalue weighted by molar-refractivity contribution is 9.10. The van der Waals surface area contributed by atoms with Crippen LogP contribution in [-0.4, -0.2) is 10.8 Å². The van der Waals surface area contributed by atoms with Crippen molar-refractivity contribution >= 4 is 21.7 Å². The molecule has 0 saturated heterocycles. The summed E-state index contributed by atoms with van der Waals surface area (Å²) in [5, 5.41) is 0. The van der Waals surface area contributed by atoms with Crippen molar-refractivity contribution in [2.75, 3.05) is 0 Å². The standard InChI is InChI=1S/C15H12BrNO2/c16-13-4-2-8-17-15(13)19-11-7-6-10-3-1-5-14(18)12(10)9-11/h2,4,6-9H,1,3,5H2. The topological polar surface area (TPSA) is 39.2 Å². The largest absolute Gasteiger partial charge is 0.438 e. The van der Waals surface area contributed by atoms with Crippen LogP contribution >= 0.6 is 15.9 Å². The minimum Gasteiger partial charge on any atom is -0.438 e. The van der Waals surface area contributed by atoms with Crippen molar-refractivity contribution in [2.45, 2.75) is 19.3 Å². The normalized spacial score (nSPS) is 14.1. The minimum atomic E-state index is 0.201. The predicted octanol–water partition coefficient (Wildman–Crippen LogP) is 4.16. The van der Waals surface area contributed by atoms with Gasteiger partial charge in [-0.05, 0) is 58.6 Å². The lowest BCUT2D eigenvalue weighted by Gasteiger charge is -2.15. The first-order valence-electron chi connectivity index (χ1n) is 6.18. The summed E-state index contributed by atoms with van der Waals surface area (Å²) < 4.78 is 6.50. The van der Waals surface area contributed by atoms with Gasteiger partial charge < -0.3 is 4.74 Å². The van der Waals surface area contributed by atoms with Gasteiger partial charge in [0.05, 0.1) is 4.47 Å². The van der Waals surface area contributed by atoms with Crippen LogP contribution in [0.25, 0.3) is 0 Å². The number of carbonyl (C=O) groups excluding carboxylic acids is 1. The van der Waals surface area contributed by atoms with Crippen molar-refractivity contribution < 1.29 is 9.53 Å². The number of ketones is 1. The molecule has 2 aromatic rings. The van der Waals surface area contributed by atoms with E-state index in [-0.39, 0.29) is 5.78 Å². The second-order valence-corrected chi connectivity index (χ2v) is 5.34. The molecule has 4 heteroatoms. The van der Waals surface area contributed by atoms with Crippen molar-refractivity contribution in [3.8, 4) is 11.6 Å². The molecule has 1 aromatic heterocycles. The highest BCUT2D eigenvalue weighted by Crippen LogP contribution is 2.30. The second kappa shape index (κ2) is 5.13. The molecule has 0 amide bonds. The molecule has 0 N–H and O–H groups in total. The molecule has 19 heavy (non-hydrogen) atoms. The van der Waals surface area contributed by atoms with Crippen LogP contribution in [0.5, 0.6) is 11.6 Å². The van der Waals surface area contributed by atoms with Gasteiger partial charge >= 0.3 is 0 Å². The Kier molecular flexibility index (Phi) is 3.34. The molecule has 1 aromatic carbocycles. The van der Waals surface area contributed by atoms with E-state index in [9.17, 15) is 4.79 Å². The zero-order valence-electron chi connectivity index (χ0n) is 10.2. The quantitative estimate of drug-likeness (QED) is 0.835. The summed E-state index contributed by atoms with van der Waals surface area (Å²) in [6, 6.07) is 9.37. The van der Waals surface area contributed by atoms with Crippen LogP contribution in [-0.2, 0) is 6.42 Å². The molecular weight excluding hydrogens is 306 g/mol. The zero-order valence-corrected chi connectivity index (χ0v) is 11.8. The Morgan fingerprint density at radius 3 is 2.95 bits per heavy atom. The highest BCUT2D eigenvalue weighted by Gasteiger charge is 2.18. The number of pyridine rings is 1. The maximum Gasteiger partial charge on any atom is 0.233 e. The lowest BCUT2D eigenvalue weighted by molar-refractivity contribution is 0.0972. The van der Waals surface area contributed by atoms with Gasteiger partial charge in [-0.15, -0.1) is 0 Å². The average molecular weight is 318 g/mol. The van der Waals surface area contributed by atoms with E-state index in [2.05, 4.69) is 20.9 Å². The van der Waals surface area contributed by atoms with E-state index >= 15 is 0 Å². The fraction of sp³-hybridized carbons (Fsp3) is 0.200. The Morgan fingerprint density at radius 1 is 1.21 bits per heavy atom. The number of hydrogen-bond acceptors (Lipinski definition) is 3. The number of benzene rings is 1. The number of carbonyl (C=O) groups is 1. The third-order valence-corrected chi connectivity index (χ3v) is 3.77. The molecule has 0 fully saturated rings. The molecule has 0 radical (unpaired) electrons. The monoisotopic (exact) mass is 317 g/mol. The molecule has 1 aliphatic rings. The van der Waals surface area contributed by atoms with Gasteiger partial charge in [0, 0.05) is 18.2 Å².